The third kappa shape index (κ3) is 6.60. The minimum atomic E-state index is -1.72. The first-order chi connectivity index (χ1) is 16.6. The third-order valence-corrected chi connectivity index (χ3v) is 12.3. The van der Waals surface area contributed by atoms with Gasteiger partial charge < -0.3 is 18.8 Å². The van der Waals surface area contributed by atoms with Crippen LogP contribution in [0.3, 0.4) is 0 Å². The van der Waals surface area contributed by atoms with Gasteiger partial charge in [-0.1, -0.05) is 45.0 Å². The van der Waals surface area contributed by atoms with Gasteiger partial charge in [-0.05, 0) is 81.3 Å². The van der Waals surface area contributed by atoms with Gasteiger partial charge in [0, 0.05) is 18.6 Å². The SMILES string of the molecule is COC(=O)C1=C(c2ccc(CCCO[Si](C)(C)C(C)(C)C)cc2)C2(CC2)CN(C(=O)OC(C)(C)C)C1. The summed E-state index contributed by atoms with van der Waals surface area (Å²) < 4.78 is 17.1. The molecule has 6 nitrogen and oxygen atoms in total. The van der Waals surface area contributed by atoms with Crippen molar-refractivity contribution in [3.8, 4) is 0 Å². The Morgan fingerprint density at radius 2 is 1.64 bits per heavy atom. The first-order valence-electron chi connectivity index (χ1n) is 13.1. The lowest BCUT2D eigenvalue weighted by Gasteiger charge is -2.37. The van der Waals surface area contributed by atoms with Gasteiger partial charge in [-0.2, -0.15) is 0 Å². The summed E-state index contributed by atoms with van der Waals surface area (Å²) in [5.41, 5.74) is 3.09. The quantitative estimate of drug-likeness (QED) is 0.233. The van der Waals surface area contributed by atoms with Crippen molar-refractivity contribution >= 4 is 26.0 Å². The van der Waals surface area contributed by atoms with Crippen LogP contribution in [0.25, 0.3) is 5.57 Å². The molecule has 3 rings (SSSR count). The molecule has 0 unspecified atom stereocenters. The van der Waals surface area contributed by atoms with E-state index in [2.05, 4.69) is 58.1 Å². The molecule has 1 fully saturated rings. The van der Waals surface area contributed by atoms with Gasteiger partial charge in [0.05, 0.1) is 19.2 Å². The Morgan fingerprint density at radius 3 is 2.14 bits per heavy atom. The summed E-state index contributed by atoms with van der Waals surface area (Å²) in [6.45, 7) is 18.5. The molecule has 0 saturated heterocycles. The van der Waals surface area contributed by atoms with Crippen molar-refractivity contribution in [2.24, 2.45) is 5.41 Å². The average Bonchev–Trinajstić information content (AvgIpc) is 3.53. The van der Waals surface area contributed by atoms with Gasteiger partial charge in [0.1, 0.15) is 5.60 Å². The predicted octanol–water partition coefficient (Wildman–Crippen LogP) is 6.60. The number of hydrogen-bond acceptors (Lipinski definition) is 5. The van der Waals surface area contributed by atoms with Crippen molar-refractivity contribution in [1.82, 2.24) is 4.90 Å². The molecule has 1 aliphatic carbocycles. The molecule has 36 heavy (non-hydrogen) atoms. The number of nitrogens with zero attached hydrogens (tertiary/aromatic N) is 1. The second-order valence-electron chi connectivity index (χ2n) is 12.9. The Hall–Kier alpha value is -2.12. The van der Waals surface area contributed by atoms with Gasteiger partial charge in [-0.15, -0.1) is 0 Å². The van der Waals surface area contributed by atoms with Gasteiger partial charge in [0.25, 0.3) is 0 Å². The van der Waals surface area contributed by atoms with Crippen LogP contribution in [0, 0.1) is 5.41 Å². The smallest absolute Gasteiger partial charge is 0.410 e. The van der Waals surface area contributed by atoms with E-state index in [4.69, 9.17) is 13.9 Å². The van der Waals surface area contributed by atoms with Crippen LogP contribution in [0.4, 0.5) is 4.79 Å². The minimum Gasteiger partial charge on any atom is -0.466 e. The highest BCUT2D eigenvalue weighted by atomic mass is 28.4. The maximum absolute atomic E-state index is 12.8. The number of carbonyl (C=O) groups excluding carboxylic acids is 2. The molecule has 1 spiro atoms. The van der Waals surface area contributed by atoms with Gasteiger partial charge >= 0.3 is 12.1 Å². The van der Waals surface area contributed by atoms with Crippen molar-refractivity contribution in [1.29, 1.82) is 0 Å². The Kier molecular flexibility index (Phi) is 8.16. The molecule has 1 heterocycles. The number of esters is 1. The highest BCUT2D eigenvalue weighted by Crippen LogP contribution is 2.59. The maximum atomic E-state index is 12.8. The summed E-state index contributed by atoms with van der Waals surface area (Å²) >= 11 is 0. The fourth-order valence-electron chi connectivity index (χ4n) is 4.53. The Bertz CT molecular complexity index is 994. The lowest BCUT2D eigenvalue weighted by molar-refractivity contribution is -0.136. The molecule has 0 bridgehead atoms. The summed E-state index contributed by atoms with van der Waals surface area (Å²) in [7, 11) is -0.323. The lowest BCUT2D eigenvalue weighted by Crippen LogP contribution is -2.45. The molecular weight excluding hydrogens is 470 g/mol. The van der Waals surface area contributed by atoms with Crippen LogP contribution in [0.5, 0.6) is 0 Å². The number of hydrogen-bond donors (Lipinski definition) is 0. The number of amides is 1. The fourth-order valence-corrected chi connectivity index (χ4v) is 5.62. The zero-order chi connectivity index (χ0) is 26.9. The molecule has 1 aromatic carbocycles. The van der Waals surface area contributed by atoms with Crippen molar-refractivity contribution in [2.75, 3.05) is 26.8 Å². The van der Waals surface area contributed by atoms with Gasteiger partial charge in [0.2, 0.25) is 0 Å². The molecule has 1 saturated carbocycles. The van der Waals surface area contributed by atoms with Gasteiger partial charge in [0.15, 0.2) is 8.32 Å². The molecule has 0 aromatic heterocycles. The van der Waals surface area contributed by atoms with E-state index < -0.39 is 13.9 Å². The molecule has 200 valence electrons. The van der Waals surface area contributed by atoms with E-state index in [-0.39, 0.29) is 29.1 Å². The zero-order valence-electron chi connectivity index (χ0n) is 23.7. The van der Waals surface area contributed by atoms with E-state index in [1.807, 2.05) is 20.8 Å². The van der Waals surface area contributed by atoms with Crippen LogP contribution < -0.4 is 0 Å². The Balaban J connectivity index is 1.75. The maximum Gasteiger partial charge on any atom is 0.410 e. The van der Waals surface area contributed by atoms with Crippen LogP contribution >= 0.6 is 0 Å². The van der Waals surface area contributed by atoms with E-state index in [0.29, 0.717) is 12.1 Å². The van der Waals surface area contributed by atoms with Crippen molar-refractivity contribution < 1.29 is 23.5 Å². The standard InChI is InChI=1S/C29H45NO5Si/c1-27(2,3)35-26(32)30-19-23(25(31)33-7)24(29(20-30)16-17-29)22-14-12-21(13-15-22)11-10-18-34-36(8,9)28(4,5)6/h12-15H,10-11,16-20H2,1-9H3. The summed E-state index contributed by atoms with van der Waals surface area (Å²) in [5.74, 6) is -0.378. The summed E-state index contributed by atoms with van der Waals surface area (Å²) in [5, 5.41) is 0.220. The lowest BCUT2D eigenvalue weighted by atomic mass is 9.82. The van der Waals surface area contributed by atoms with Gasteiger partial charge in [-0.3, -0.25) is 0 Å². The Morgan fingerprint density at radius 1 is 1.03 bits per heavy atom. The zero-order valence-corrected chi connectivity index (χ0v) is 24.7. The van der Waals surface area contributed by atoms with Crippen LogP contribution in [-0.2, 0) is 25.1 Å². The van der Waals surface area contributed by atoms with Crippen LogP contribution in [0.2, 0.25) is 18.1 Å². The van der Waals surface area contributed by atoms with E-state index >= 15 is 0 Å². The second kappa shape index (κ2) is 10.3. The normalized spacial score (nSPS) is 17.9. The molecular formula is C29H45NO5Si. The van der Waals surface area contributed by atoms with Gasteiger partial charge in [-0.25, -0.2) is 9.59 Å². The molecule has 7 heteroatoms. The molecule has 1 aliphatic heterocycles. The molecule has 1 aromatic rings. The number of methoxy groups -OCH3 is 1. The van der Waals surface area contributed by atoms with Crippen LogP contribution in [0.1, 0.15) is 71.9 Å². The highest BCUT2D eigenvalue weighted by Gasteiger charge is 2.53. The summed E-state index contributed by atoms with van der Waals surface area (Å²) in [6, 6.07) is 8.54. The predicted molar refractivity (Wildman–Crippen MR) is 146 cm³/mol. The third-order valence-electron chi connectivity index (χ3n) is 7.73. The van der Waals surface area contributed by atoms with E-state index in [1.165, 1.54) is 12.7 Å². The topological polar surface area (TPSA) is 65.1 Å². The van der Waals surface area contributed by atoms with Crippen molar-refractivity contribution in [3.63, 3.8) is 0 Å². The Labute approximate surface area is 218 Å². The molecule has 2 aliphatic rings. The van der Waals surface area contributed by atoms with E-state index in [0.717, 1.165) is 43.4 Å². The first kappa shape index (κ1) is 28.4. The van der Waals surface area contributed by atoms with E-state index in [9.17, 15) is 9.59 Å². The number of benzene rings is 1. The van der Waals surface area contributed by atoms with Crippen LogP contribution in [0.15, 0.2) is 29.8 Å². The van der Waals surface area contributed by atoms with Crippen LogP contribution in [-0.4, -0.2) is 57.7 Å². The average molecular weight is 516 g/mol. The second-order valence-corrected chi connectivity index (χ2v) is 17.7. The summed E-state index contributed by atoms with van der Waals surface area (Å²) in [6.07, 6.45) is 3.43. The van der Waals surface area contributed by atoms with Crippen molar-refractivity contribution in [3.05, 3.63) is 41.0 Å². The number of carbonyl (C=O) groups is 2. The number of ether oxygens (including phenoxy) is 2. The van der Waals surface area contributed by atoms with Crippen molar-refractivity contribution in [2.45, 2.75) is 91.0 Å². The molecule has 1 amide bonds. The minimum absolute atomic E-state index is 0.200. The monoisotopic (exact) mass is 515 g/mol. The largest absolute Gasteiger partial charge is 0.466 e. The number of rotatable bonds is 7. The molecule has 0 N–H and O–H groups in total. The molecule has 0 atom stereocenters. The fraction of sp³-hybridized carbons (Fsp3) is 0.655. The summed E-state index contributed by atoms with van der Waals surface area (Å²) in [4.78, 5) is 27.3. The molecule has 0 radical (unpaired) electrons. The van der Waals surface area contributed by atoms with E-state index in [1.54, 1.807) is 4.90 Å². The first-order valence-corrected chi connectivity index (χ1v) is 16.0. The number of aryl methyl sites for hydroxylation is 1. The highest BCUT2D eigenvalue weighted by molar-refractivity contribution is 6.74.